The van der Waals surface area contributed by atoms with E-state index in [2.05, 4.69) is 10.4 Å². The van der Waals surface area contributed by atoms with Gasteiger partial charge in [-0.25, -0.2) is 4.39 Å². The molecule has 0 saturated carbocycles. The molecule has 0 aliphatic rings. The number of rotatable bonds is 5. The molecular weight excluding hydrogens is 303 g/mol. The maximum Gasteiger partial charge on any atom is 0.312 e. The summed E-state index contributed by atoms with van der Waals surface area (Å²) in [7, 11) is 0. The van der Waals surface area contributed by atoms with Crippen LogP contribution in [0.3, 0.4) is 0 Å². The van der Waals surface area contributed by atoms with Crippen molar-refractivity contribution in [3.05, 3.63) is 57.1 Å². The maximum absolute atomic E-state index is 12.9. The van der Waals surface area contributed by atoms with E-state index in [0.29, 0.717) is 5.69 Å². The zero-order chi connectivity index (χ0) is 17.1. The number of carbonyl (C=O) groups is 1. The second kappa shape index (κ2) is 6.55. The van der Waals surface area contributed by atoms with Gasteiger partial charge < -0.3 is 5.32 Å². The number of benzene rings is 1. The van der Waals surface area contributed by atoms with Crippen LogP contribution in [0.15, 0.2) is 24.3 Å². The van der Waals surface area contributed by atoms with Crippen molar-refractivity contribution in [3.63, 3.8) is 0 Å². The smallest absolute Gasteiger partial charge is 0.312 e. The number of amides is 1. The number of hydrogen-bond acceptors (Lipinski definition) is 4. The lowest BCUT2D eigenvalue weighted by Crippen LogP contribution is -2.30. The zero-order valence-corrected chi connectivity index (χ0v) is 13.0. The van der Waals surface area contributed by atoms with Crippen LogP contribution < -0.4 is 5.32 Å². The van der Waals surface area contributed by atoms with Crippen molar-refractivity contribution in [2.45, 2.75) is 33.4 Å². The topological polar surface area (TPSA) is 90.1 Å². The Morgan fingerprint density at radius 2 is 2.00 bits per heavy atom. The van der Waals surface area contributed by atoms with Gasteiger partial charge in [-0.15, -0.1) is 0 Å². The summed E-state index contributed by atoms with van der Waals surface area (Å²) in [4.78, 5) is 22.5. The summed E-state index contributed by atoms with van der Waals surface area (Å²) in [6.45, 7) is 4.73. The Kier molecular flexibility index (Phi) is 4.73. The summed E-state index contributed by atoms with van der Waals surface area (Å²) in [5, 5.41) is 17.7. The van der Waals surface area contributed by atoms with Gasteiger partial charge in [-0.2, -0.15) is 5.10 Å². The van der Waals surface area contributed by atoms with E-state index in [4.69, 9.17) is 0 Å². The molecule has 23 heavy (non-hydrogen) atoms. The lowest BCUT2D eigenvalue weighted by molar-refractivity contribution is -0.386. The van der Waals surface area contributed by atoms with Crippen LogP contribution in [0.25, 0.3) is 0 Å². The molecule has 0 aliphatic carbocycles. The van der Waals surface area contributed by atoms with Gasteiger partial charge in [-0.3, -0.25) is 19.6 Å². The van der Waals surface area contributed by atoms with Crippen molar-refractivity contribution in [2.24, 2.45) is 0 Å². The molecule has 1 amide bonds. The molecule has 1 heterocycles. The highest BCUT2D eigenvalue weighted by molar-refractivity contribution is 5.76. The molecule has 122 valence electrons. The molecular formula is C15H17FN4O3. The summed E-state index contributed by atoms with van der Waals surface area (Å²) >= 11 is 0. The minimum Gasteiger partial charge on any atom is -0.348 e. The highest BCUT2D eigenvalue weighted by Gasteiger charge is 2.23. The fourth-order valence-corrected chi connectivity index (χ4v) is 2.36. The predicted molar refractivity (Wildman–Crippen MR) is 81.3 cm³/mol. The predicted octanol–water partition coefficient (Wildman–Crippen LogP) is 2.42. The average molecular weight is 320 g/mol. The van der Waals surface area contributed by atoms with Crippen molar-refractivity contribution in [3.8, 4) is 0 Å². The summed E-state index contributed by atoms with van der Waals surface area (Å²) in [6.07, 6.45) is 0. The Labute approximate surface area is 132 Å². The van der Waals surface area contributed by atoms with Gasteiger partial charge in [-0.1, -0.05) is 12.1 Å². The molecule has 0 fully saturated rings. The second-order valence-corrected chi connectivity index (χ2v) is 5.27. The van der Waals surface area contributed by atoms with E-state index in [1.165, 1.54) is 23.7 Å². The lowest BCUT2D eigenvalue weighted by atomic mass is 10.1. The second-order valence-electron chi connectivity index (χ2n) is 5.27. The molecule has 1 atom stereocenters. The van der Waals surface area contributed by atoms with Crippen molar-refractivity contribution in [2.75, 3.05) is 0 Å². The van der Waals surface area contributed by atoms with Crippen LogP contribution in [-0.4, -0.2) is 20.6 Å². The van der Waals surface area contributed by atoms with Crippen LogP contribution >= 0.6 is 0 Å². The molecule has 0 saturated heterocycles. The lowest BCUT2D eigenvalue weighted by Gasteiger charge is -2.14. The largest absolute Gasteiger partial charge is 0.348 e. The van der Waals surface area contributed by atoms with E-state index < -0.39 is 4.92 Å². The first kappa shape index (κ1) is 16.6. The number of hydrogen-bond donors (Lipinski definition) is 1. The zero-order valence-electron chi connectivity index (χ0n) is 13.0. The average Bonchev–Trinajstić information content (AvgIpc) is 2.73. The molecule has 2 aromatic rings. The Hall–Kier alpha value is -2.77. The van der Waals surface area contributed by atoms with Gasteiger partial charge in [0.1, 0.15) is 23.7 Å². The molecule has 1 aromatic carbocycles. The first-order chi connectivity index (χ1) is 10.8. The summed E-state index contributed by atoms with van der Waals surface area (Å²) in [5.41, 5.74) is 1.28. The fraction of sp³-hybridized carbons (Fsp3) is 0.333. The van der Waals surface area contributed by atoms with Crippen LogP contribution in [0.2, 0.25) is 0 Å². The van der Waals surface area contributed by atoms with Crippen molar-refractivity contribution in [1.29, 1.82) is 0 Å². The Balaban J connectivity index is 2.06. The van der Waals surface area contributed by atoms with Gasteiger partial charge in [0, 0.05) is 0 Å². The van der Waals surface area contributed by atoms with Crippen molar-refractivity contribution < 1.29 is 14.1 Å². The van der Waals surface area contributed by atoms with Crippen LogP contribution in [0.5, 0.6) is 0 Å². The molecule has 1 aromatic heterocycles. The van der Waals surface area contributed by atoms with E-state index >= 15 is 0 Å². The molecule has 2 rings (SSSR count). The molecule has 8 heteroatoms. The number of carbonyl (C=O) groups excluding carboxylic acids is 1. The third kappa shape index (κ3) is 3.71. The van der Waals surface area contributed by atoms with E-state index in [0.717, 1.165) is 5.56 Å². The van der Waals surface area contributed by atoms with Crippen LogP contribution in [-0.2, 0) is 11.3 Å². The van der Waals surface area contributed by atoms with Crippen LogP contribution in [0.1, 0.15) is 29.9 Å². The van der Waals surface area contributed by atoms with E-state index in [1.54, 1.807) is 26.0 Å². The first-order valence-electron chi connectivity index (χ1n) is 7.02. The number of nitrogens with one attached hydrogen (secondary N) is 1. The summed E-state index contributed by atoms with van der Waals surface area (Å²) in [6, 6.07) is 5.52. The first-order valence-corrected chi connectivity index (χ1v) is 7.02. The van der Waals surface area contributed by atoms with Crippen LogP contribution in [0, 0.1) is 29.8 Å². The number of aromatic nitrogens is 2. The van der Waals surface area contributed by atoms with Gasteiger partial charge in [0.05, 0.1) is 11.0 Å². The third-order valence-electron chi connectivity index (χ3n) is 3.57. The Morgan fingerprint density at radius 1 is 1.39 bits per heavy atom. The highest BCUT2D eigenvalue weighted by Crippen LogP contribution is 2.21. The molecule has 0 spiro atoms. The Bertz CT molecular complexity index is 740. The minimum atomic E-state index is -0.507. The highest BCUT2D eigenvalue weighted by atomic mass is 19.1. The monoisotopic (exact) mass is 320 g/mol. The molecule has 1 unspecified atom stereocenters. The van der Waals surface area contributed by atoms with Crippen molar-refractivity contribution in [1.82, 2.24) is 15.1 Å². The van der Waals surface area contributed by atoms with E-state index in [1.807, 2.05) is 0 Å². The maximum atomic E-state index is 12.9. The molecule has 0 bridgehead atoms. The van der Waals surface area contributed by atoms with Gasteiger partial charge in [-0.05, 0) is 38.5 Å². The normalized spacial score (nSPS) is 12.0. The van der Waals surface area contributed by atoms with Gasteiger partial charge in [0.15, 0.2) is 0 Å². The van der Waals surface area contributed by atoms with E-state index in [-0.39, 0.29) is 35.7 Å². The standard InChI is InChI=1S/C15H17FN4O3/c1-9(12-4-6-13(16)7-5-12)17-14(21)8-19-11(3)15(20(22)23)10(2)18-19/h4-7,9H,8H2,1-3H3,(H,17,21). The SMILES string of the molecule is Cc1nn(CC(=O)NC(C)c2ccc(F)cc2)c(C)c1[N+](=O)[O-]. The number of halogens is 1. The van der Waals surface area contributed by atoms with Gasteiger partial charge >= 0.3 is 5.69 Å². The summed E-state index contributed by atoms with van der Waals surface area (Å²) < 4.78 is 14.2. The van der Waals surface area contributed by atoms with Gasteiger partial charge in [0.2, 0.25) is 5.91 Å². The molecule has 7 nitrogen and oxygen atoms in total. The van der Waals surface area contributed by atoms with E-state index in [9.17, 15) is 19.3 Å². The minimum absolute atomic E-state index is 0.0793. The van der Waals surface area contributed by atoms with Crippen LogP contribution in [0.4, 0.5) is 10.1 Å². The number of aryl methyl sites for hydroxylation is 1. The fourth-order valence-electron chi connectivity index (χ4n) is 2.36. The molecule has 1 N–H and O–H groups in total. The summed E-state index contributed by atoms with van der Waals surface area (Å²) in [5.74, 6) is -0.676. The number of nitro groups is 1. The number of nitrogens with zero attached hydrogens (tertiary/aromatic N) is 3. The quantitative estimate of drug-likeness (QED) is 0.676. The Morgan fingerprint density at radius 3 is 2.52 bits per heavy atom. The van der Waals surface area contributed by atoms with Gasteiger partial charge in [0.25, 0.3) is 0 Å². The van der Waals surface area contributed by atoms with Crippen molar-refractivity contribution >= 4 is 11.6 Å². The molecule has 0 aliphatic heterocycles. The molecule has 0 radical (unpaired) electrons. The third-order valence-corrected chi connectivity index (χ3v) is 3.57.